The molecule has 24 heavy (non-hydrogen) atoms. The van der Waals surface area contributed by atoms with Gasteiger partial charge in [-0.15, -0.1) is 11.3 Å². The highest BCUT2D eigenvalue weighted by Crippen LogP contribution is 2.24. The van der Waals surface area contributed by atoms with Gasteiger partial charge in [-0.1, -0.05) is 36.8 Å². The lowest BCUT2D eigenvalue weighted by molar-refractivity contribution is 0.0920. The predicted molar refractivity (Wildman–Crippen MR) is 98.6 cm³/mol. The van der Waals surface area contributed by atoms with Crippen molar-refractivity contribution in [3.05, 3.63) is 47.0 Å². The number of hydrogen-bond acceptors (Lipinski definition) is 5. The van der Waals surface area contributed by atoms with Crippen molar-refractivity contribution >= 4 is 22.4 Å². The Labute approximate surface area is 147 Å². The van der Waals surface area contributed by atoms with Gasteiger partial charge < -0.3 is 10.6 Å². The summed E-state index contributed by atoms with van der Waals surface area (Å²) >= 11 is 1.44. The van der Waals surface area contributed by atoms with Crippen LogP contribution in [0.1, 0.15) is 41.4 Å². The van der Waals surface area contributed by atoms with Gasteiger partial charge in [-0.2, -0.15) is 0 Å². The van der Waals surface area contributed by atoms with Gasteiger partial charge in [0.25, 0.3) is 5.91 Å². The summed E-state index contributed by atoms with van der Waals surface area (Å²) < 4.78 is 0. The molecule has 0 bridgehead atoms. The second-order valence-electron chi connectivity index (χ2n) is 6.02. The fourth-order valence-corrected chi connectivity index (χ4v) is 3.79. The van der Waals surface area contributed by atoms with Crippen molar-refractivity contribution in [2.75, 3.05) is 32.0 Å². The lowest BCUT2D eigenvalue weighted by Crippen LogP contribution is -2.40. The van der Waals surface area contributed by atoms with Crippen molar-refractivity contribution in [2.45, 2.75) is 25.3 Å². The van der Waals surface area contributed by atoms with E-state index in [1.54, 1.807) is 5.38 Å². The molecule has 1 aliphatic heterocycles. The molecular weight excluding hydrogens is 320 g/mol. The Morgan fingerprint density at radius 2 is 2.00 bits per heavy atom. The molecule has 0 unspecified atom stereocenters. The van der Waals surface area contributed by atoms with E-state index in [1.165, 1.54) is 36.2 Å². The number of piperidine rings is 1. The molecular formula is C18H24N4OS. The number of likely N-dealkylation sites (tertiary alicyclic amines) is 1. The number of hydrogen-bond donors (Lipinski definition) is 2. The fourth-order valence-electron chi connectivity index (χ4n) is 3.14. The minimum Gasteiger partial charge on any atom is -0.365 e. The van der Waals surface area contributed by atoms with E-state index in [-0.39, 0.29) is 11.9 Å². The monoisotopic (exact) mass is 344 g/mol. The van der Waals surface area contributed by atoms with Crippen LogP contribution in [0.25, 0.3) is 0 Å². The van der Waals surface area contributed by atoms with Crippen molar-refractivity contribution < 1.29 is 4.79 Å². The molecule has 1 aliphatic rings. The molecule has 1 saturated heterocycles. The number of rotatable bonds is 6. The molecule has 1 aromatic heterocycles. The summed E-state index contributed by atoms with van der Waals surface area (Å²) in [7, 11) is 1.81. The van der Waals surface area contributed by atoms with Crippen LogP contribution in [0.2, 0.25) is 0 Å². The van der Waals surface area contributed by atoms with Crippen LogP contribution < -0.4 is 10.6 Å². The highest BCUT2D eigenvalue weighted by atomic mass is 32.1. The van der Waals surface area contributed by atoms with E-state index in [1.807, 2.05) is 13.1 Å². The summed E-state index contributed by atoms with van der Waals surface area (Å²) in [6, 6.07) is 10.7. The lowest BCUT2D eigenvalue weighted by atomic mass is 10.0. The van der Waals surface area contributed by atoms with Gasteiger partial charge in [0.15, 0.2) is 5.13 Å². The predicted octanol–water partition coefficient (Wildman–Crippen LogP) is 3.14. The molecule has 2 aromatic rings. The Morgan fingerprint density at radius 1 is 1.25 bits per heavy atom. The molecule has 0 aliphatic carbocycles. The number of aromatic nitrogens is 1. The first kappa shape index (κ1) is 16.9. The summed E-state index contributed by atoms with van der Waals surface area (Å²) in [5.74, 6) is -0.106. The van der Waals surface area contributed by atoms with E-state index in [0.717, 1.165) is 18.2 Å². The van der Waals surface area contributed by atoms with Crippen molar-refractivity contribution in [1.29, 1.82) is 0 Å². The maximum absolute atomic E-state index is 12.4. The van der Waals surface area contributed by atoms with Crippen LogP contribution in [0, 0.1) is 0 Å². The zero-order chi connectivity index (χ0) is 16.8. The normalized spacial score (nSPS) is 16.5. The van der Waals surface area contributed by atoms with E-state index in [0.29, 0.717) is 12.2 Å². The number of nitrogens with zero attached hydrogens (tertiary/aromatic N) is 2. The molecule has 0 saturated carbocycles. The average molecular weight is 344 g/mol. The Balaban J connectivity index is 1.68. The van der Waals surface area contributed by atoms with Gasteiger partial charge in [-0.25, -0.2) is 4.98 Å². The van der Waals surface area contributed by atoms with Gasteiger partial charge in [0.2, 0.25) is 0 Å². The minimum atomic E-state index is -0.106. The first-order valence-electron chi connectivity index (χ1n) is 8.48. The summed E-state index contributed by atoms with van der Waals surface area (Å²) in [5.41, 5.74) is 1.74. The smallest absolute Gasteiger partial charge is 0.270 e. The molecule has 0 spiro atoms. The van der Waals surface area contributed by atoms with Crippen LogP contribution in [0.15, 0.2) is 35.7 Å². The molecule has 2 heterocycles. The summed E-state index contributed by atoms with van der Waals surface area (Å²) in [5, 5.41) is 8.58. The maximum Gasteiger partial charge on any atom is 0.270 e. The quantitative estimate of drug-likeness (QED) is 0.845. The number of anilines is 1. The van der Waals surface area contributed by atoms with Gasteiger partial charge in [-0.05, 0) is 31.5 Å². The maximum atomic E-state index is 12.4. The summed E-state index contributed by atoms with van der Waals surface area (Å²) in [4.78, 5) is 19.1. The van der Waals surface area contributed by atoms with Crippen LogP contribution in [-0.2, 0) is 0 Å². The molecule has 2 N–H and O–H groups in total. The Morgan fingerprint density at radius 3 is 2.67 bits per heavy atom. The number of thiazole rings is 1. The van der Waals surface area contributed by atoms with Gasteiger partial charge in [-0.3, -0.25) is 9.69 Å². The number of carbonyl (C=O) groups excluding carboxylic acids is 1. The molecule has 1 aromatic carbocycles. The Bertz CT molecular complexity index is 652. The number of carbonyl (C=O) groups is 1. The standard InChI is InChI=1S/C18H24N4OS/c1-19-18-21-15(13-24-18)17(23)20-12-16(14-8-4-2-5-9-14)22-10-6-3-7-11-22/h2,4-5,8-9,13,16H,3,6-7,10-12H2,1H3,(H,19,21)(H,20,23)/t16-/m0/s1. The molecule has 3 rings (SSSR count). The number of nitrogens with one attached hydrogen (secondary N) is 2. The lowest BCUT2D eigenvalue weighted by Gasteiger charge is -2.35. The molecule has 6 heteroatoms. The van der Waals surface area contributed by atoms with Crippen LogP contribution >= 0.6 is 11.3 Å². The van der Waals surface area contributed by atoms with Crippen LogP contribution in [0.3, 0.4) is 0 Å². The topological polar surface area (TPSA) is 57.3 Å². The first-order chi connectivity index (χ1) is 11.8. The second kappa shape index (κ2) is 8.26. The van der Waals surface area contributed by atoms with Crippen LogP contribution in [-0.4, -0.2) is 42.5 Å². The average Bonchev–Trinajstić information content (AvgIpc) is 3.13. The van der Waals surface area contributed by atoms with Crippen molar-refractivity contribution in [2.24, 2.45) is 0 Å². The Hall–Kier alpha value is -1.92. The van der Waals surface area contributed by atoms with Gasteiger partial charge in [0.1, 0.15) is 5.69 Å². The SMILES string of the molecule is CNc1nc(C(=O)NC[C@@H](c2ccccc2)N2CCCCC2)cs1. The minimum absolute atomic E-state index is 0.106. The van der Waals surface area contributed by atoms with Crippen molar-refractivity contribution in [3.8, 4) is 0 Å². The zero-order valence-corrected chi connectivity index (χ0v) is 14.8. The third kappa shape index (κ3) is 4.13. The molecule has 1 amide bonds. The van der Waals surface area contributed by atoms with E-state index in [9.17, 15) is 4.79 Å². The highest BCUT2D eigenvalue weighted by molar-refractivity contribution is 7.13. The molecule has 5 nitrogen and oxygen atoms in total. The van der Waals surface area contributed by atoms with E-state index in [2.05, 4.69) is 44.8 Å². The van der Waals surface area contributed by atoms with Crippen molar-refractivity contribution in [3.63, 3.8) is 0 Å². The van der Waals surface area contributed by atoms with Crippen LogP contribution in [0.5, 0.6) is 0 Å². The van der Waals surface area contributed by atoms with Gasteiger partial charge >= 0.3 is 0 Å². The number of amides is 1. The summed E-state index contributed by atoms with van der Waals surface area (Å²) in [6.45, 7) is 2.79. The van der Waals surface area contributed by atoms with E-state index >= 15 is 0 Å². The van der Waals surface area contributed by atoms with Crippen LogP contribution in [0.4, 0.5) is 5.13 Å². The molecule has 0 radical (unpaired) electrons. The van der Waals surface area contributed by atoms with E-state index in [4.69, 9.17) is 0 Å². The molecule has 1 atom stereocenters. The third-order valence-corrected chi connectivity index (χ3v) is 5.28. The highest BCUT2D eigenvalue weighted by Gasteiger charge is 2.23. The van der Waals surface area contributed by atoms with E-state index < -0.39 is 0 Å². The van der Waals surface area contributed by atoms with Crippen molar-refractivity contribution in [1.82, 2.24) is 15.2 Å². The zero-order valence-electron chi connectivity index (χ0n) is 14.0. The van der Waals surface area contributed by atoms with Gasteiger partial charge in [0, 0.05) is 19.0 Å². The second-order valence-corrected chi connectivity index (χ2v) is 6.88. The first-order valence-corrected chi connectivity index (χ1v) is 9.36. The number of benzene rings is 1. The molecule has 1 fully saturated rings. The van der Waals surface area contributed by atoms with Gasteiger partial charge in [0.05, 0.1) is 6.04 Å². The summed E-state index contributed by atoms with van der Waals surface area (Å²) in [6.07, 6.45) is 3.76. The largest absolute Gasteiger partial charge is 0.365 e. The molecule has 128 valence electrons. The fraction of sp³-hybridized carbons (Fsp3) is 0.444. The Kier molecular flexibility index (Phi) is 5.82. The third-order valence-electron chi connectivity index (χ3n) is 4.42.